The SMILES string of the molecule is CC(Sc1nnc(CS(=O)(=O)c2ccccc2)n1-c1ccccc1)C(=O)Nc1nc2ccccc2s1. The number of carbonyl (C=O) groups is 1. The van der Waals surface area contributed by atoms with Gasteiger partial charge in [-0.2, -0.15) is 0 Å². The zero-order valence-electron chi connectivity index (χ0n) is 19.1. The third-order valence-corrected chi connectivity index (χ3v) is 8.93. The van der Waals surface area contributed by atoms with Crippen molar-refractivity contribution in [3.8, 4) is 5.69 Å². The Hall–Kier alpha value is -3.54. The van der Waals surface area contributed by atoms with Crippen LogP contribution in [0.1, 0.15) is 12.7 Å². The first kappa shape index (κ1) is 24.2. The largest absolute Gasteiger partial charge is 0.301 e. The Balaban J connectivity index is 1.40. The summed E-state index contributed by atoms with van der Waals surface area (Å²) in [5.74, 6) is -0.294. The smallest absolute Gasteiger partial charge is 0.239 e. The summed E-state index contributed by atoms with van der Waals surface area (Å²) in [4.78, 5) is 17.6. The highest BCUT2D eigenvalue weighted by Crippen LogP contribution is 2.30. The molecule has 5 rings (SSSR count). The fraction of sp³-hybridized carbons (Fsp3) is 0.120. The van der Waals surface area contributed by atoms with Gasteiger partial charge in [-0.05, 0) is 43.3 Å². The van der Waals surface area contributed by atoms with E-state index >= 15 is 0 Å². The number of anilines is 1. The number of hydrogen-bond acceptors (Lipinski definition) is 8. The number of benzene rings is 3. The van der Waals surface area contributed by atoms with E-state index in [0.29, 0.717) is 16.0 Å². The van der Waals surface area contributed by atoms with Crippen molar-refractivity contribution in [2.24, 2.45) is 0 Å². The molecular formula is C25H21N5O3S3. The first-order chi connectivity index (χ1) is 17.4. The van der Waals surface area contributed by atoms with Crippen LogP contribution >= 0.6 is 23.1 Å². The number of nitrogens with zero attached hydrogens (tertiary/aromatic N) is 4. The molecular weight excluding hydrogens is 515 g/mol. The first-order valence-corrected chi connectivity index (χ1v) is 14.4. The average molecular weight is 536 g/mol. The summed E-state index contributed by atoms with van der Waals surface area (Å²) < 4.78 is 28.8. The maximum absolute atomic E-state index is 13.0. The van der Waals surface area contributed by atoms with Crippen LogP contribution in [0.3, 0.4) is 0 Å². The molecule has 8 nitrogen and oxygen atoms in total. The standard InChI is InChI=1S/C25H21N5O3S3/c1-17(23(31)27-24-26-20-14-8-9-15-21(20)35-24)34-25-29-28-22(30(25)18-10-4-2-5-11-18)16-36(32,33)19-12-6-3-7-13-19/h2-15,17H,16H2,1H3,(H,26,27,31). The lowest BCUT2D eigenvalue weighted by Crippen LogP contribution is -2.23. The quantitative estimate of drug-likeness (QED) is 0.280. The average Bonchev–Trinajstić information content (AvgIpc) is 3.47. The van der Waals surface area contributed by atoms with Gasteiger partial charge in [0.15, 0.2) is 25.9 Å². The number of thioether (sulfide) groups is 1. The fourth-order valence-electron chi connectivity index (χ4n) is 3.53. The lowest BCUT2D eigenvalue weighted by atomic mass is 10.3. The topological polar surface area (TPSA) is 107 Å². The maximum Gasteiger partial charge on any atom is 0.239 e. The van der Waals surface area contributed by atoms with E-state index in [1.54, 1.807) is 41.8 Å². The molecule has 0 spiro atoms. The van der Waals surface area contributed by atoms with Gasteiger partial charge < -0.3 is 5.32 Å². The first-order valence-electron chi connectivity index (χ1n) is 11.0. The van der Waals surface area contributed by atoms with E-state index in [-0.39, 0.29) is 22.4 Å². The van der Waals surface area contributed by atoms with Crippen LogP contribution in [-0.2, 0) is 20.4 Å². The zero-order valence-corrected chi connectivity index (χ0v) is 21.6. The van der Waals surface area contributed by atoms with Crippen LogP contribution in [0.15, 0.2) is 95.0 Å². The highest BCUT2D eigenvalue weighted by atomic mass is 32.2. The molecule has 0 fully saturated rings. The Morgan fingerprint density at radius 2 is 1.64 bits per heavy atom. The Kier molecular flexibility index (Phi) is 6.86. The summed E-state index contributed by atoms with van der Waals surface area (Å²) >= 11 is 2.61. The third-order valence-electron chi connectivity index (χ3n) is 5.31. The fourth-order valence-corrected chi connectivity index (χ4v) is 6.55. The highest BCUT2D eigenvalue weighted by Gasteiger charge is 2.25. The highest BCUT2D eigenvalue weighted by molar-refractivity contribution is 8.00. The van der Waals surface area contributed by atoms with E-state index in [0.717, 1.165) is 10.2 Å². The van der Waals surface area contributed by atoms with Crippen molar-refractivity contribution >= 4 is 54.2 Å². The number of fused-ring (bicyclic) bond motifs is 1. The Labute approximate surface area is 216 Å². The van der Waals surface area contributed by atoms with Gasteiger partial charge in [-0.25, -0.2) is 13.4 Å². The molecule has 2 heterocycles. The zero-order chi connectivity index (χ0) is 25.1. The Bertz CT molecular complexity index is 1580. The predicted molar refractivity (Wildman–Crippen MR) is 142 cm³/mol. The van der Waals surface area contributed by atoms with E-state index in [9.17, 15) is 13.2 Å². The second kappa shape index (κ2) is 10.2. The van der Waals surface area contributed by atoms with Gasteiger partial charge in [-0.15, -0.1) is 10.2 Å². The van der Waals surface area contributed by atoms with Crippen LogP contribution in [0, 0.1) is 0 Å². The van der Waals surface area contributed by atoms with Crippen molar-refractivity contribution in [1.29, 1.82) is 0 Å². The van der Waals surface area contributed by atoms with E-state index < -0.39 is 15.1 Å². The van der Waals surface area contributed by atoms with Crippen molar-refractivity contribution in [2.45, 2.75) is 28.0 Å². The van der Waals surface area contributed by atoms with Crippen molar-refractivity contribution in [2.75, 3.05) is 5.32 Å². The van der Waals surface area contributed by atoms with Crippen LogP contribution in [0.25, 0.3) is 15.9 Å². The maximum atomic E-state index is 13.0. The van der Waals surface area contributed by atoms with Gasteiger partial charge in [0.25, 0.3) is 0 Å². The summed E-state index contributed by atoms with van der Waals surface area (Å²) in [6.45, 7) is 1.76. The molecule has 1 unspecified atom stereocenters. The number of carbonyl (C=O) groups excluding carboxylic acids is 1. The number of nitrogens with one attached hydrogen (secondary N) is 1. The van der Waals surface area contributed by atoms with Crippen LogP contribution in [0.5, 0.6) is 0 Å². The molecule has 36 heavy (non-hydrogen) atoms. The molecule has 0 aliphatic rings. The van der Waals surface area contributed by atoms with Gasteiger partial charge in [-0.1, -0.05) is 71.6 Å². The minimum atomic E-state index is -3.65. The molecule has 3 aromatic carbocycles. The predicted octanol–water partition coefficient (Wildman–Crippen LogP) is 4.97. The Morgan fingerprint density at radius 3 is 2.36 bits per heavy atom. The molecule has 5 aromatic rings. The lowest BCUT2D eigenvalue weighted by molar-refractivity contribution is -0.115. The lowest BCUT2D eigenvalue weighted by Gasteiger charge is -2.13. The van der Waals surface area contributed by atoms with Gasteiger partial charge in [-0.3, -0.25) is 9.36 Å². The summed E-state index contributed by atoms with van der Waals surface area (Å²) in [6.07, 6.45) is 0. The summed E-state index contributed by atoms with van der Waals surface area (Å²) in [5.41, 5.74) is 1.54. The molecule has 11 heteroatoms. The molecule has 1 amide bonds. The second-order valence-electron chi connectivity index (χ2n) is 7.88. The number of para-hydroxylation sites is 2. The van der Waals surface area contributed by atoms with Gasteiger partial charge in [0.1, 0.15) is 5.75 Å². The molecule has 0 saturated heterocycles. The minimum Gasteiger partial charge on any atom is -0.301 e. The van der Waals surface area contributed by atoms with Gasteiger partial charge in [0.2, 0.25) is 5.91 Å². The number of rotatable bonds is 8. The summed E-state index contributed by atoms with van der Waals surface area (Å²) in [7, 11) is -3.65. The van der Waals surface area contributed by atoms with Crippen LogP contribution in [0.4, 0.5) is 5.13 Å². The molecule has 0 aliphatic carbocycles. The molecule has 0 radical (unpaired) electrons. The van der Waals surface area contributed by atoms with Crippen LogP contribution < -0.4 is 5.32 Å². The van der Waals surface area contributed by atoms with Gasteiger partial charge >= 0.3 is 0 Å². The molecule has 0 aliphatic heterocycles. The number of aromatic nitrogens is 4. The van der Waals surface area contributed by atoms with Crippen molar-refractivity contribution in [3.05, 3.63) is 90.8 Å². The minimum absolute atomic E-state index is 0.213. The van der Waals surface area contributed by atoms with Gasteiger partial charge in [0, 0.05) is 5.69 Å². The molecule has 0 bridgehead atoms. The molecule has 182 valence electrons. The third kappa shape index (κ3) is 5.18. The molecule has 1 N–H and O–H groups in total. The monoisotopic (exact) mass is 535 g/mol. The number of hydrogen-bond donors (Lipinski definition) is 1. The van der Waals surface area contributed by atoms with Crippen LogP contribution in [-0.4, -0.2) is 39.3 Å². The van der Waals surface area contributed by atoms with Crippen LogP contribution in [0.2, 0.25) is 0 Å². The van der Waals surface area contributed by atoms with E-state index in [4.69, 9.17) is 0 Å². The van der Waals surface area contributed by atoms with Crippen molar-refractivity contribution in [1.82, 2.24) is 19.7 Å². The second-order valence-corrected chi connectivity index (χ2v) is 12.2. The van der Waals surface area contributed by atoms with Crippen molar-refractivity contribution in [3.63, 3.8) is 0 Å². The molecule has 1 atom stereocenters. The Morgan fingerprint density at radius 1 is 0.972 bits per heavy atom. The summed E-state index contributed by atoms with van der Waals surface area (Å²) in [6, 6.07) is 25.2. The van der Waals surface area contributed by atoms with Crippen molar-refractivity contribution < 1.29 is 13.2 Å². The number of amides is 1. The van der Waals surface area contributed by atoms with Gasteiger partial charge in [0.05, 0.1) is 20.4 Å². The molecule has 0 saturated carbocycles. The van der Waals surface area contributed by atoms with E-state index in [2.05, 4.69) is 20.5 Å². The molecule has 2 aromatic heterocycles. The number of thiazole rings is 1. The number of sulfone groups is 1. The summed E-state index contributed by atoms with van der Waals surface area (Å²) in [5, 5.41) is 11.7. The normalized spacial score (nSPS) is 12.5. The van der Waals surface area contributed by atoms with E-state index in [1.807, 2.05) is 54.6 Å². The van der Waals surface area contributed by atoms with E-state index in [1.165, 1.54) is 23.1 Å².